The first-order valence-corrected chi connectivity index (χ1v) is 12.6. The number of likely N-dealkylation sites (N-methyl/N-ethyl adjacent to an activating group) is 1. The third-order valence-corrected chi connectivity index (χ3v) is 7.32. The number of benzene rings is 2. The molecule has 0 atom stereocenters. The molecular formula is C21H24ClN3OS3. The first kappa shape index (κ1) is 22.4. The zero-order valence-electron chi connectivity index (χ0n) is 16.7. The molecule has 0 bridgehead atoms. The lowest BCUT2D eigenvalue weighted by Gasteiger charge is -2.22. The zero-order chi connectivity index (χ0) is 20.8. The fourth-order valence-corrected chi connectivity index (χ4v) is 5.21. The van der Waals surface area contributed by atoms with Gasteiger partial charge in [-0.25, -0.2) is 4.98 Å². The van der Waals surface area contributed by atoms with E-state index in [2.05, 4.69) is 23.3 Å². The van der Waals surface area contributed by atoms with Gasteiger partial charge in [0.2, 0.25) is 5.91 Å². The smallest absolute Gasteiger partial charge is 0.229 e. The zero-order valence-corrected chi connectivity index (χ0v) is 19.9. The molecule has 0 aliphatic heterocycles. The SMILES string of the molecule is CSc1ccc2nc(N(CCN(C)C)C(=O)CCSc3ccc(Cl)cc3)sc2c1. The summed E-state index contributed by atoms with van der Waals surface area (Å²) in [5.74, 6) is 0.831. The van der Waals surface area contributed by atoms with Crippen molar-refractivity contribution in [2.45, 2.75) is 16.2 Å². The van der Waals surface area contributed by atoms with Crippen LogP contribution in [0.15, 0.2) is 52.3 Å². The Kier molecular flexibility index (Phi) is 8.26. The van der Waals surface area contributed by atoms with E-state index >= 15 is 0 Å². The van der Waals surface area contributed by atoms with Crippen molar-refractivity contribution in [1.29, 1.82) is 0 Å². The average Bonchev–Trinajstić information content (AvgIpc) is 3.12. The predicted octanol–water partition coefficient (Wildman–Crippen LogP) is 5.75. The van der Waals surface area contributed by atoms with E-state index in [0.29, 0.717) is 13.0 Å². The number of thioether (sulfide) groups is 2. The lowest BCUT2D eigenvalue weighted by Crippen LogP contribution is -2.36. The first-order chi connectivity index (χ1) is 14.0. The van der Waals surface area contributed by atoms with Gasteiger partial charge in [-0.15, -0.1) is 23.5 Å². The monoisotopic (exact) mass is 465 g/mol. The summed E-state index contributed by atoms with van der Waals surface area (Å²) in [6.45, 7) is 1.43. The standard InChI is InChI=1S/C21H24ClN3OS3/c1-24(2)11-12-25(20(26)10-13-28-16-6-4-15(22)5-7-16)21-23-18-9-8-17(27-3)14-19(18)29-21/h4-9,14H,10-13H2,1-3H3. The number of aromatic nitrogens is 1. The van der Waals surface area contributed by atoms with E-state index in [9.17, 15) is 4.79 Å². The Morgan fingerprint density at radius 1 is 1.10 bits per heavy atom. The van der Waals surface area contributed by atoms with Gasteiger partial charge in [0.25, 0.3) is 0 Å². The number of fused-ring (bicyclic) bond motifs is 1. The van der Waals surface area contributed by atoms with Crippen LogP contribution in [0.2, 0.25) is 5.02 Å². The summed E-state index contributed by atoms with van der Waals surface area (Å²) in [5.41, 5.74) is 0.945. The number of hydrogen-bond donors (Lipinski definition) is 0. The number of halogens is 1. The van der Waals surface area contributed by atoms with Crippen LogP contribution in [0.1, 0.15) is 6.42 Å². The van der Waals surface area contributed by atoms with E-state index in [1.807, 2.05) is 49.3 Å². The van der Waals surface area contributed by atoms with Crippen molar-refractivity contribution in [3.05, 3.63) is 47.5 Å². The lowest BCUT2D eigenvalue weighted by atomic mass is 10.3. The highest BCUT2D eigenvalue weighted by atomic mass is 35.5. The summed E-state index contributed by atoms with van der Waals surface area (Å²) in [5, 5.41) is 1.50. The van der Waals surface area contributed by atoms with Crippen molar-refractivity contribution in [2.75, 3.05) is 44.1 Å². The molecule has 0 aliphatic carbocycles. The maximum absolute atomic E-state index is 13.0. The van der Waals surface area contributed by atoms with E-state index < -0.39 is 0 Å². The van der Waals surface area contributed by atoms with Gasteiger partial charge in [0.1, 0.15) is 0 Å². The number of carbonyl (C=O) groups is 1. The van der Waals surface area contributed by atoms with Gasteiger partial charge in [0, 0.05) is 40.1 Å². The normalized spacial score (nSPS) is 11.3. The van der Waals surface area contributed by atoms with Gasteiger partial charge in [-0.1, -0.05) is 22.9 Å². The molecule has 4 nitrogen and oxygen atoms in total. The number of anilines is 1. The summed E-state index contributed by atoms with van der Waals surface area (Å²) >= 11 is 10.9. The summed E-state index contributed by atoms with van der Waals surface area (Å²) in [7, 11) is 4.03. The molecule has 1 amide bonds. The molecule has 154 valence electrons. The second kappa shape index (κ2) is 10.7. The maximum Gasteiger partial charge on any atom is 0.229 e. The van der Waals surface area contributed by atoms with Crippen molar-refractivity contribution < 1.29 is 4.79 Å². The number of amides is 1. The van der Waals surface area contributed by atoms with E-state index in [0.717, 1.165) is 37.6 Å². The molecule has 8 heteroatoms. The van der Waals surface area contributed by atoms with E-state index in [-0.39, 0.29) is 5.91 Å². The molecule has 0 N–H and O–H groups in total. The fourth-order valence-electron chi connectivity index (χ4n) is 2.68. The highest BCUT2D eigenvalue weighted by Crippen LogP contribution is 2.32. The van der Waals surface area contributed by atoms with Crippen LogP contribution >= 0.6 is 46.5 Å². The molecule has 0 aliphatic rings. The van der Waals surface area contributed by atoms with Crippen LogP contribution in [0.4, 0.5) is 5.13 Å². The number of hydrogen-bond acceptors (Lipinski definition) is 6. The van der Waals surface area contributed by atoms with Crippen molar-refractivity contribution in [1.82, 2.24) is 9.88 Å². The Hall–Kier alpha value is -1.25. The Morgan fingerprint density at radius 3 is 2.52 bits per heavy atom. The first-order valence-electron chi connectivity index (χ1n) is 9.24. The molecular weight excluding hydrogens is 442 g/mol. The molecule has 3 rings (SSSR count). The fraction of sp³-hybridized carbons (Fsp3) is 0.333. The topological polar surface area (TPSA) is 36.4 Å². The summed E-state index contributed by atoms with van der Waals surface area (Å²) in [4.78, 5) is 24.0. The van der Waals surface area contributed by atoms with Crippen LogP contribution < -0.4 is 4.90 Å². The molecule has 0 spiro atoms. The van der Waals surface area contributed by atoms with Crippen molar-refractivity contribution in [2.24, 2.45) is 0 Å². The Labute approximate surface area is 189 Å². The lowest BCUT2D eigenvalue weighted by molar-refractivity contribution is -0.118. The second-order valence-electron chi connectivity index (χ2n) is 6.73. The molecule has 1 heterocycles. The van der Waals surface area contributed by atoms with E-state index in [1.165, 1.54) is 4.90 Å². The van der Waals surface area contributed by atoms with Crippen molar-refractivity contribution >= 4 is 67.7 Å². The highest BCUT2D eigenvalue weighted by molar-refractivity contribution is 7.99. The van der Waals surface area contributed by atoms with Gasteiger partial charge in [-0.05, 0) is 62.8 Å². The van der Waals surface area contributed by atoms with Gasteiger partial charge < -0.3 is 4.90 Å². The molecule has 0 fully saturated rings. The van der Waals surface area contributed by atoms with E-state index in [1.54, 1.807) is 34.9 Å². The van der Waals surface area contributed by atoms with Crippen LogP contribution in [0.25, 0.3) is 10.2 Å². The predicted molar refractivity (Wildman–Crippen MR) is 129 cm³/mol. The Bertz CT molecular complexity index is 959. The molecule has 2 aromatic carbocycles. The van der Waals surface area contributed by atoms with Gasteiger partial charge in [0.15, 0.2) is 5.13 Å². The largest absolute Gasteiger partial charge is 0.308 e. The third-order valence-electron chi connectivity index (χ3n) is 4.29. The summed E-state index contributed by atoms with van der Waals surface area (Å²) in [6, 6.07) is 14.0. The maximum atomic E-state index is 13.0. The molecule has 29 heavy (non-hydrogen) atoms. The van der Waals surface area contributed by atoms with Gasteiger partial charge in [-0.3, -0.25) is 9.69 Å². The number of nitrogens with zero attached hydrogens (tertiary/aromatic N) is 3. The molecule has 1 aromatic heterocycles. The molecule has 0 radical (unpaired) electrons. The molecule has 0 saturated carbocycles. The van der Waals surface area contributed by atoms with Crippen LogP contribution in [0, 0.1) is 0 Å². The van der Waals surface area contributed by atoms with Crippen LogP contribution in [0.3, 0.4) is 0 Å². The minimum absolute atomic E-state index is 0.109. The molecule has 3 aromatic rings. The second-order valence-corrected chi connectivity index (χ2v) is 10.2. The Balaban J connectivity index is 1.71. The summed E-state index contributed by atoms with van der Waals surface area (Å²) < 4.78 is 1.12. The van der Waals surface area contributed by atoms with Gasteiger partial charge >= 0.3 is 0 Å². The van der Waals surface area contributed by atoms with E-state index in [4.69, 9.17) is 16.6 Å². The average molecular weight is 466 g/mol. The van der Waals surface area contributed by atoms with Crippen LogP contribution in [-0.4, -0.2) is 55.0 Å². The van der Waals surface area contributed by atoms with Gasteiger partial charge in [0.05, 0.1) is 10.2 Å². The van der Waals surface area contributed by atoms with Crippen molar-refractivity contribution in [3.63, 3.8) is 0 Å². The Morgan fingerprint density at radius 2 is 1.83 bits per heavy atom. The minimum Gasteiger partial charge on any atom is -0.308 e. The minimum atomic E-state index is 0.109. The van der Waals surface area contributed by atoms with Crippen LogP contribution in [0.5, 0.6) is 0 Å². The van der Waals surface area contributed by atoms with Crippen LogP contribution in [-0.2, 0) is 4.79 Å². The number of carbonyl (C=O) groups excluding carboxylic acids is 1. The number of rotatable bonds is 9. The van der Waals surface area contributed by atoms with Gasteiger partial charge in [-0.2, -0.15) is 0 Å². The third kappa shape index (κ3) is 6.36. The molecule has 0 unspecified atom stereocenters. The quantitative estimate of drug-likeness (QED) is 0.376. The highest BCUT2D eigenvalue weighted by Gasteiger charge is 2.20. The summed E-state index contributed by atoms with van der Waals surface area (Å²) in [6.07, 6.45) is 2.53. The number of thiazole rings is 1. The molecule has 0 saturated heterocycles. The van der Waals surface area contributed by atoms with Crippen molar-refractivity contribution in [3.8, 4) is 0 Å².